The molecule has 0 spiro atoms. The molecule has 0 fully saturated rings. The maximum absolute atomic E-state index is 10.7. The van der Waals surface area contributed by atoms with Crippen molar-refractivity contribution in [2.24, 2.45) is 11.8 Å². The molecule has 0 heterocycles. The fourth-order valence-electron chi connectivity index (χ4n) is 2.13. The predicted molar refractivity (Wildman–Crippen MR) is 134 cm³/mol. The van der Waals surface area contributed by atoms with Gasteiger partial charge in [-0.15, -0.1) is 0 Å². The third-order valence-electron chi connectivity index (χ3n) is 3.64. The fourth-order valence-corrected chi connectivity index (χ4v) is 2.31. The van der Waals surface area contributed by atoms with E-state index in [1.54, 1.807) is 0 Å². The number of carbonyl (C=O) groups excluding carboxylic acids is 2. The van der Waals surface area contributed by atoms with E-state index in [1.807, 2.05) is 0 Å². The first kappa shape index (κ1) is 34.1. The molecular weight excluding hydrogens is 511 g/mol. The molecule has 4 nitrogen and oxygen atoms in total. The first-order valence-corrected chi connectivity index (χ1v) is 17.8. The topological polar surface area (TPSA) is 52.6 Å². The van der Waals surface area contributed by atoms with Crippen molar-refractivity contribution < 1.29 is 19.1 Å². The minimum atomic E-state index is -0.216. The first-order chi connectivity index (χ1) is 13.7. The van der Waals surface area contributed by atoms with Gasteiger partial charge in [0, 0.05) is 0 Å². The first-order valence-electron chi connectivity index (χ1n) is 10.9. The van der Waals surface area contributed by atoms with Crippen LogP contribution in [-0.4, -0.2) is 57.8 Å². The van der Waals surface area contributed by atoms with Gasteiger partial charge in [0.25, 0.3) is 0 Å². The molecule has 0 aromatic carbocycles. The summed E-state index contributed by atoms with van der Waals surface area (Å²) in [5.41, 5.74) is 0. The Morgan fingerprint density at radius 3 is 1.24 bits per heavy atom. The summed E-state index contributed by atoms with van der Waals surface area (Å²) in [5.74, 6) is 1.50. The van der Waals surface area contributed by atoms with Crippen LogP contribution in [0.5, 0.6) is 0 Å². The Labute approximate surface area is 202 Å². The third-order valence-corrected chi connectivity index (χ3v) is 4.15. The molecule has 0 amide bonds. The van der Waals surface area contributed by atoms with Crippen LogP contribution in [0.25, 0.3) is 0 Å². The van der Waals surface area contributed by atoms with Gasteiger partial charge in [-0.2, -0.15) is 25.3 Å². The zero-order chi connectivity index (χ0) is 22.9. The standard InChI is InChI=1S/2C10H20O2S.2CH3.Sn/c2*1-9(2)6-4-3-5-7-12-10(11)8-13;;;/h2*9,13H,3-8H2,1-2H3;2*1H3;. The monoisotopic (exact) mass is 558 g/mol. The average molecular weight is 557 g/mol. The van der Waals surface area contributed by atoms with Gasteiger partial charge in [-0.25, -0.2) is 0 Å². The molecule has 2 radical (unpaired) electrons. The number of ether oxygens (including phenoxy) is 2. The van der Waals surface area contributed by atoms with Crippen LogP contribution in [0.1, 0.15) is 79.1 Å². The summed E-state index contributed by atoms with van der Waals surface area (Å²) in [4.78, 5) is 25.9. The molecule has 0 aliphatic carbocycles. The van der Waals surface area contributed by atoms with Crippen molar-refractivity contribution in [3.8, 4) is 0 Å². The van der Waals surface area contributed by atoms with Crippen molar-refractivity contribution in [2.75, 3.05) is 24.7 Å². The summed E-state index contributed by atoms with van der Waals surface area (Å²) < 4.78 is 9.77. The van der Waals surface area contributed by atoms with E-state index < -0.39 is 0 Å². The summed E-state index contributed by atoms with van der Waals surface area (Å²) in [6, 6.07) is 0. The van der Waals surface area contributed by atoms with Gasteiger partial charge >= 0.3 is 43.0 Å². The molecule has 0 aliphatic rings. The van der Waals surface area contributed by atoms with Crippen molar-refractivity contribution in [3.05, 3.63) is 0 Å². The molecule has 0 saturated carbocycles. The van der Waals surface area contributed by atoms with Gasteiger partial charge in [-0.3, -0.25) is 9.59 Å². The van der Waals surface area contributed by atoms with E-state index >= 15 is 0 Å². The summed E-state index contributed by atoms with van der Waals surface area (Å²) in [7, 11) is 0. The van der Waals surface area contributed by atoms with Gasteiger partial charge < -0.3 is 9.47 Å². The number of hydrogen-bond acceptors (Lipinski definition) is 6. The normalized spacial score (nSPS) is 10.0. The van der Waals surface area contributed by atoms with Gasteiger partial charge in [0.1, 0.15) is 0 Å². The zero-order valence-electron chi connectivity index (χ0n) is 19.7. The molecule has 7 heteroatoms. The second kappa shape index (κ2) is 28.4. The van der Waals surface area contributed by atoms with E-state index in [0.29, 0.717) is 13.2 Å². The van der Waals surface area contributed by atoms with E-state index in [-0.39, 0.29) is 44.6 Å². The molecule has 0 rings (SSSR count). The van der Waals surface area contributed by atoms with E-state index in [9.17, 15) is 9.59 Å². The van der Waals surface area contributed by atoms with Crippen LogP contribution in [0, 0.1) is 11.8 Å². The summed E-state index contributed by atoms with van der Waals surface area (Å²) in [6.07, 6.45) is 9.25. The Balaban J connectivity index is -0.000000410. The molecule has 0 atom stereocenters. The van der Waals surface area contributed by atoms with E-state index in [2.05, 4.69) is 62.8 Å². The molecular formula is C22H46O4S2Sn. The summed E-state index contributed by atoms with van der Waals surface area (Å²) in [6.45, 7) is 10.00. The van der Waals surface area contributed by atoms with Crippen molar-refractivity contribution in [2.45, 2.75) is 88.9 Å². The van der Waals surface area contributed by atoms with Gasteiger partial charge in [-0.1, -0.05) is 66.2 Å². The SMILES string of the molecule is CC(C)CCCCCOC(=O)CS.CC(C)CCCCCOC(=O)CS.[CH3][Sn][CH3]. The number of rotatable bonds is 14. The molecule has 0 saturated heterocycles. The van der Waals surface area contributed by atoms with Crippen LogP contribution in [0.15, 0.2) is 0 Å². The quantitative estimate of drug-likeness (QED) is 0.117. The molecule has 0 aliphatic heterocycles. The van der Waals surface area contributed by atoms with Crippen LogP contribution in [0.2, 0.25) is 9.88 Å². The Morgan fingerprint density at radius 2 is 1.00 bits per heavy atom. The fraction of sp³-hybridized carbons (Fsp3) is 0.909. The molecule has 0 N–H and O–H groups in total. The molecule has 29 heavy (non-hydrogen) atoms. The molecule has 0 aromatic rings. The number of hydrogen-bond donors (Lipinski definition) is 2. The van der Waals surface area contributed by atoms with Crippen molar-refractivity contribution in [1.82, 2.24) is 0 Å². The van der Waals surface area contributed by atoms with Crippen LogP contribution in [-0.2, 0) is 19.1 Å². The van der Waals surface area contributed by atoms with Crippen LogP contribution < -0.4 is 0 Å². The van der Waals surface area contributed by atoms with E-state index in [0.717, 1.165) is 37.5 Å². The third kappa shape index (κ3) is 39.5. The Morgan fingerprint density at radius 1 is 0.690 bits per heavy atom. The number of carbonyl (C=O) groups is 2. The minimum absolute atomic E-state index is 0.187. The van der Waals surface area contributed by atoms with Crippen molar-refractivity contribution in [1.29, 1.82) is 0 Å². The van der Waals surface area contributed by atoms with Gasteiger partial charge in [0.2, 0.25) is 0 Å². The second-order valence-electron chi connectivity index (χ2n) is 7.74. The molecule has 0 bridgehead atoms. The Bertz CT molecular complexity index is 322. The van der Waals surface area contributed by atoms with Crippen LogP contribution >= 0.6 is 25.3 Å². The van der Waals surface area contributed by atoms with Crippen molar-refractivity contribution in [3.63, 3.8) is 0 Å². The second-order valence-corrected chi connectivity index (χ2v) is 11.2. The molecule has 174 valence electrons. The summed E-state index contributed by atoms with van der Waals surface area (Å²) in [5, 5.41) is 0. The van der Waals surface area contributed by atoms with E-state index in [4.69, 9.17) is 9.47 Å². The van der Waals surface area contributed by atoms with E-state index in [1.165, 1.54) is 25.7 Å². The van der Waals surface area contributed by atoms with Gasteiger partial charge in [-0.05, 0) is 24.7 Å². The van der Waals surface area contributed by atoms with Crippen molar-refractivity contribution >= 4 is 58.3 Å². The summed E-state index contributed by atoms with van der Waals surface area (Å²) >= 11 is 7.85. The Kier molecular flexibility index (Phi) is 33.4. The molecule has 0 aromatic heterocycles. The van der Waals surface area contributed by atoms with Crippen LogP contribution in [0.3, 0.4) is 0 Å². The molecule has 0 unspecified atom stereocenters. The number of thiol groups is 2. The average Bonchev–Trinajstić information content (AvgIpc) is 2.67. The number of esters is 2. The van der Waals surface area contributed by atoms with Gasteiger partial charge in [0.15, 0.2) is 0 Å². The van der Waals surface area contributed by atoms with Crippen LogP contribution in [0.4, 0.5) is 0 Å². The maximum atomic E-state index is 10.7. The Hall–Kier alpha value is 0.439. The number of unbranched alkanes of at least 4 members (excludes halogenated alkanes) is 4. The predicted octanol–water partition coefficient (Wildman–Crippen LogP) is 6.14. The van der Waals surface area contributed by atoms with Gasteiger partial charge in [0.05, 0.1) is 24.7 Å². The zero-order valence-corrected chi connectivity index (χ0v) is 24.3.